The molecule has 5 heteroatoms. The molecule has 0 amide bonds. The zero-order chi connectivity index (χ0) is 17.1. The smallest absolute Gasteiger partial charge is 0.207 e. The summed E-state index contributed by atoms with van der Waals surface area (Å²) in [5.41, 5.74) is 4.94. The van der Waals surface area contributed by atoms with E-state index in [1.165, 1.54) is 5.41 Å². The van der Waals surface area contributed by atoms with Crippen LogP contribution in [0.15, 0.2) is 45.9 Å². The SMILES string of the molecule is COCOCC1CC(=C=CS(=O)(=O)c2ccc(C)cc2)C1(C)C. The van der Waals surface area contributed by atoms with Gasteiger partial charge in [0.25, 0.3) is 0 Å². The van der Waals surface area contributed by atoms with Crippen LogP contribution < -0.4 is 0 Å². The number of methoxy groups -OCH3 is 1. The maximum atomic E-state index is 12.3. The summed E-state index contributed by atoms with van der Waals surface area (Å²) in [6.07, 6.45) is 0.802. The molecule has 0 saturated heterocycles. The fraction of sp³-hybridized carbons (Fsp3) is 0.500. The minimum Gasteiger partial charge on any atom is -0.359 e. The predicted octanol–water partition coefficient (Wildman–Crippen LogP) is 3.47. The van der Waals surface area contributed by atoms with Crippen LogP contribution >= 0.6 is 0 Å². The van der Waals surface area contributed by atoms with Crippen molar-refractivity contribution in [2.24, 2.45) is 11.3 Å². The molecule has 1 fully saturated rings. The number of sulfone groups is 1. The largest absolute Gasteiger partial charge is 0.359 e. The van der Waals surface area contributed by atoms with Crippen LogP contribution in [-0.4, -0.2) is 28.9 Å². The van der Waals surface area contributed by atoms with Crippen molar-refractivity contribution in [3.63, 3.8) is 0 Å². The maximum Gasteiger partial charge on any atom is 0.207 e. The van der Waals surface area contributed by atoms with Gasteiger partial charge in [-0.25, -0.2) is 8.42 Å². The van der Waals surface area contributed by atoms with Gasteiger partial charge in [-0.1, -0.05) is 31.5 Å². The van der Waals surface area contributed by atoms with Gasteiger partial charge in [-0.05, 0) is 42.4 Å². The van der Waals surface area contributed by atoms with Crippen LogP contribution in [0.2, 0.25) is 0 Å². The van der Waals surface area contributed by atoms with Gasteiger partial charge >= 0.3 is 0 Å². The molecule has 1 aliphatic rings. The van der Waals surface area contributed by atoms with E-state index in [9.17, 15) is 8.42 Å². The number of aryl methyl sites for hydroxylation is 1. The number of hydrogen-bond acceptors (Lipinski definition) is 4. The van der Waals surface area contributed by atoms with E-state index in [0.717, 1.165) is 17.6 Å². The van der Waals surface area contributed by atoms with Crippen molar-refractivity contribution in [1.82, 2.24) is 0 Å². The van der Waals surface area contributed by atoms with Crippen molar-refractivity contribution in [3.05, 3.63) is 46.5 Å². The number of rotatable bonds is 6. The van der Waals surface area contributed by atoms with Gasteiger partial charge in [0.1, 0.15) is 6.79 Å². The van der Waals surface area contributed by atoms with Crippen LogP contribution in [0, 0.1) is 18.3 Å². The molecule has 1 aromatic rings. The summed E-state index contributed by atoms with van der Waals surface area (Å²) in [6.45, 7) is 6.99. The molecular formula is C18H24O4S. The molecule has 0 radical (unpaired) electrons. The first-order chi connectivity index (χ1) is 10.8. The van der Waals surface area contributed by atoms with Gasteiger partial charge in [-0.3, -0.25) is 0 Å². The molecule has 0 bridgehead atoms. The Balaban J connectivity index is 2.12. The normalized spacial score (nSPS) is 19.8. The average Bonchev–Trinajstić information content (AvgIpc) is 2.49. The molecule has 2 rings (SSSR count). The van der Waals surface area contributed by atoms with Crippen LogP contribution in [0.1, 0.15) is 25.8 Å². The molecule has 1 aliphatic carbocycles. The monoisotopic (exact) mass is 336 g/mol. The number of allylic oxidation sites excluding steroid dienone is 1. The Hall–Kier alpha value is -1.39. The summed E-state index contributed by atoms with van der Waals surface area (Å²) in [5.74, 6) is 0.357. The molecule has 4 nitrogen and oxygen atoms in total. The Morgan fingerprint density at radius 3 is 2.52 bits per heavy atom. The lowest BCUT2D eigenvalue weighted by atomic mass is 9.59. The average molecular weight is 336 g/mol. The Morgan fingerprint density at radius 2 is 1.96 bits per heavy atom. The van der Waals surface area contributed by atoms with E-state index in [0.29, 0.717) is 17.4 Å². The molecule has 0 aromatic heterocycles. The lowest BCUT2D eigenvalue weighted by Crippen LogP contribution is -2.40. The van der Waals surface area contributed by atoms with E-state index in [1.54, 1.807) is 31.4 Å². The van der Waals surface area contributed by atoms with Crippen LogP contribution in [0.3, 0.4) is 0 Å². The zero-order valence-corrected chi connectivity index (χ0v) is 14.9. The summed E-state index contributed by atoms with van der Waals surface area (Å²) >= 11 is 0. The molecule has 0 spiro atoms. The first-order valence-corrected chi connectivity index (χ1v) is 9.16. The predicted molar refractivity (Wildman–Crippen MR) is 89.7 cm³/mol. The van der Waals surface area contributed by atoms with Crippen molar-refractivity contribution >= 4 is 9.84 Å². The van der Waals surface area contributed by atoms with Crippen LogP contribution in [0.5, 0.6) is 0 Å². The van der Waals surface area contributed by atoms with Crippen molar-refractivity contribution < 1.29 is 17.9 Å². The second-order valence-electron chi connectivity index (χ2n) is 6.50. The molecule has 0 heterocycles. The number of benzene rings is 1. The summed E-state index contributed by atoms with van der Waals surface area (Å²) in [6, 6.07) is 6.84. The topological polar surface area (TPSA) is 52.6 Å². The summed E-state index contributed by atoms with van der Waals surface area (Å²) < 4.78 is 34.9. The van der Waals surface area contributed by atoms with Gasteiger partial charge in [0.15, 0.2) is 0 Å². The Morgan fingerprint density at radius 1 is 1.30 bits per heavy atom. The van der Waals surface area contributed by atoms with Crippen molar-refractivity contribution in [3.8, 4) is 0 Å². The first kappa shape index (κ1) is 18.0. The highest BCUT2D eigenvalue weighted by Crippen LogP contribution is 2.50. The third kappa shape index (κ3) is 4.12. The van der Waals surface area contributed by atoms with E-state index in [-0.39, 0.29) is 12.2 Å². The minimum atomic E-state index is -3.45. The van der Waals surface area contributed by atoms with Crippen molar-refractivity contribution in [1.29, 1.82) is 0 Å². The van der Waals surface area contributed by atoms with Gasteiger partial charge in [-0.15, -0.1) is 5.73 Å². The molecule has 1 aromatic carbocycles. The maximum absolute atomic E-state index is 12.3. The number of hydrogen-bond donors (Lipinski definition) is 0. The highest BCUT2D eigenvalue weighted by molar-refractivity contribution is 7.94. The third-order valence-corrected chi connectivity index (χ3v) is 5.86. The zero-order valence-electron chi connectivity index (χ0n) is 14.1. The second-order valence-corrected chi connectivity index (χ2v) is 8.30. The van der Waals surface area contributed by atoms with Gasteiger partial charge in [0.2, 0.25) is 9.84 Å². The fourth-order valence-corrected chi connectivity index (χ4v) is 3.56. The van der Waals surface area contributed by atoms with Crippen molar-refractivity contribution in [2.75, 3.05) is 20.5 Å². The standard InChI is InChI=1S/C18H24O4S/c1-14-5-7-17(8-6-14)23(19,20)10-9-15-11-16(18(15,2)3)12-22-13-21-4/h5-8,10,16H,11-13H2,1-4H3. The fourth-order valence-electron chi connectivity index (χ4n) is 2.61. The lowest BCUT2D eigenvalue weighted by molar-refractivity contribution is -0.0659. The summed E-state index contributed by atoms with van der Waals surface area (Å²) in [4.78, 5) is 0.299. The van der Waals surface area contributed by atoms with E-state index in [4.69, 9.17) is 9.47 Å². The first-order valence-electron chi connectivity index (χ1n) is 7.62. The van der Waals surface area contributed by atoms with Gasteiger partial charge < -0.3 is 9.47 Å². The molecule has 1 unspecified atom stereocenters. The van der Waals surface area contributed by atoms with E-state index in [1.807, 2.05) is 6.92 Å². The molecule has 0 aliphatic heterocycles. The van der Waals surface area contributed by atoms with Crippen LogP contribution in [-0.2, 0) is 19.3 Å². The summed E-state index contributed by atoms with van der Waals surface area (Å²) in [5, 5.41) is 1.20. The second kappa shape index (κ2) is 7.02. The van der Waals surface area contributed by atoms with Gasteiger partial charge in [0, 0.05) is 7.11 Å². The Labute approximate surface area is 138 Å². The third-order valence-electron chi connectivity index (χ3n) is 4.51. The minimum absolute atomic E-state index is 0.104. The van der Waals surface area contributed by atoms with E-state index < -0.39 is 9.84 Å². The molecule has 1 saturated carbocycles. The van der Waals surface area contributed by atoms with Gasteiger partial charge in [0.05, 0.1) is 16.9 Å². The van der Waals surface area contributed by atoms with Crippen molar-refractivity contribution in [2.45, 2.75) is 32.1 Å². The van der Waals surface area contributed by atoms with Gasteiger partial charge in [-0.2, -0.15) is 0 Å². The van der Waals surface area contributed by atoms with E-state index >= 15 is 0 Å². The molecule has 1 atom stereocenters. The molecular weight excluding hydrogens is 312 g/mol. The van der Waals surface area contributed by atoms with Crippen LogP contribution in [0.4, 0.5) is 0 Å². The highest BCUT2D eigenvalue weighted by Gasteiger charge is 2.43. The lowest BCUT2D eigenvalue weighted by Gasteiger charge is -2.46. The van der Waals surface area contributed by atoms with Crippen LogP contribution in [0.25, 0.3) is 0 Å². The van der Waals surface area contributed by atoms with E-state index in [2.05, 4.69) is 19.6 Å². The Kier molecular flexibility index (Phi) is 5.48. The molecule has 126 valence electrons. The quantitative estimate of drug-likeness (QED) is 0.453. The number of ether oxygens (including phenoxy) is 2. The summed E-state index contributed by atoms with van der Waals surface area (Å²) in [7, 11) is -1.85. The molecule has 0 N–H and O–H groups in total. The molecule has 23 heavy (non-hydrogen) atoms. The Bertz CT molecular complexity index is 708. The highest BCUT2D eigenvalue weighted by atomic mass is 32.2.